The molecule has 0 aromatic heterocycles. The van der Waals surface area contributed by atoms with Crippen LogP contribution >= 0.6 is 0 Å². The number of rotatable bonds is 0. The van der Waals surface area contributed by atoms with Crippen LogP contribution in [0.4, 0.5) is 5.69 Å². The third-order valence-corrected chi connectivity index (χ3v) is 3.79. The Kier molecular flexibility index (Phi) is 2.36. The van der Waals surface area contributed by atoms with E-state index in [9.17, 15) is 0 Å². The highest BCUT2D eigenvalue weighted by Gasteiger charge is 2.20. The highest BCUT2D eigenvalue weighted by atomic mass is 15.2. The van der Waals surface area contributed by atoms with Gasteiger partial charge in [0.2, 0.25) is 0 Å². The maximum atomic E-state index is 4.47. The van der Waals surface area contributed by atoms with E-state index in [0.717, 1.165) is 5.71 Å². The first-order valence-electron chi connectivity index (χ1n) is 6.75. The Morgan fingerprint density at radius 1 is 0.950 bits per heavy atom. The van der Waals surface area contributed by atoms with Gasteiger partial charge in [-0.15, -0.1) is 0 Å². The summed E-state index contributed by atoms with van der Waals surface area (Å²) in [5.74, 6) is 0. The van der Waals surface area contributed by atoms with Crippen molar-refractivity contribution in [2.45, 2.75) is 6.92 Å². The Morgan fingerprint density at radius 3 is 2.70 bits per heavy atom. The molecule has 0 fully saturated rings. The highest BCUT2D eigenvalue weighted by molar-refractivity contribution is 6.22. The Balaban J connectivity index is 2.20. The standard InChI is InChI=1S/C18H14N2/c1-13-18-16-8-4-2-6-14(16)12-15-7-3-5-9-17(15)20(18)11-10-19-13/h2-12H,1H3. The van der Waals surface area contributed by atoms with Gasteiger partial charge in [0.25, 0.3) is 0 Å². The Morgan fingerprint density at radius 2 is 1.75 bits per heavy atom. The zero-order valence-electron chi connectivity index (χ0n) is 11.2. The number of benzene rings is 2. The van der Waals surface area contributed by atoms with Crippen LogP contribution in [-0.4, -0.2) is 5.71 Å². The fourth-order valence-electron chi connectivity index (χ4n) is 2.88. The molecule has 0 aliphatic carbocycles. The van der Waals surface area contributed by atoms with Gasteiger partial charge < -0.3 is 4.90 Å². The summed E-state index contributed by atoms with van der Waals surface area (Å²) >= 11 is 0. The lowest BCUT2D eigenvalue weighted by molar-refractivity contribution is 1.25. The molecule has 0 unspecified atom stereocenters. The van der Waals surface area contributed by atoms with Crippen molar-refractivity contribution in [1.29, 1.82) is 0 Å². The molecule has 2 aromatic carbocycles. The minimum absolute atomic E-state index is 1.05. The third-order valence-electron chi connectivity index (χ3n) is 3.79. The molecule has 2 aliphatic heterocycles. The average Bonchev–Trinajstić information content (AvgIpc) is 2.62. The van der Waals surface area contributed by atoms with Crippen LogP contribution in [0.5, 0.6) is 0 Å². The maximum absolute atomic E-state index is 4.47. The molecule has 0 radical (unpaired) electrons. The summed E-state index contributed by atoms with van der Waals surface area (Å²) in [5.41, 5.74) is 4.65. The summed E-state index contributed by atoms with van der Waals surface area (Å²) in [4.78, 5) is 6.71. The predicted molar refractivity (Wildman–Crippen MR) is 83.8 cm³/mol. The molecule has 20 heavy (non-hydrogen) atoms. The lowest BCUT2D eigenvalue weighted by Crippen LogP contribution is -2.34. The van der Waals surface area contributed by atoms with Crippen molar-refractivity contribution >= 4 is 23.2 Å². The van der Waals surface area contributed by atoms with Crippen molar-refractivity contribution < 1.29 is 0 Å². The first-order chi connectivity index (χ1) is 9.84. The van der Waals surface area contributed by atoms with Gasteiger partial charge in [-0.1, -0.05) is 42.5 Å². The quantitative estimate of drug-likeness (QED) is 0.708. The van der Waals surface area contributed by atoms with Crippen molar-refractivity contribution in [1.82, 2.24) is 0 Å². The van der Waals surface area contributed by atoms with E-state index in [-0.39, 0.29) is 0 Å². The number of hydrogen-bond acceptors (Lipinski definition) is 2. The van der Waals surface area contributed by atoms with E-state index in [1.807, 2.05) is 12.4 Å². The SMILES string of the molecule is CC1=NC=CN2C1=c1ccccc1=Cc1ccccc12. The average molecular weight is 258 g/mol. The molecule has 0 spiro atoms. The van der Waals surface area contributed by atoms with Gasteiger partial charge in [0, 0.05) is 17.6 Å². The normalized spacial score (nSPS) is 15.6. The van der Waals surface area contributed by atoms with Crippen LogP contribution < -0.4 is 15.3 Å². The first-order valence-corrected chi connectivity index (χ1v) is 6.75. The van der Waals surface area contributed by atoms with Gasteiger partial charge >= 0.3 is 0 Å². The highest BCUT2D eigenvalue weighted by Crippen LogP contribution is 2.28. The molecular formula is C18H14N2. The van der Waals surface area contributed by atoms with Crippen molar-refractivity contribution in [3.63, 3.8) is 0 Å². The number of fused-ring (bicyclic) bond motifs is 4. The van der Waals surface area contributed by atoms with Crippen LogP contribution in [0.15, 0.2) is 65.9 Å². The molecule has 0 saturated heterocycles. The molecule has 0 N–H and O–H groups in total. The second-order valence-corrected chi connectivity index (χ2v) is 5.02. The van der Waals surface area contributed by atoms with E-state index in [2.05, 4.69) is 71.4 Å². The van der Waals surface area contributed by atoms with E-state index in [0.29, 0.717) is 0 Å². The lowest BCUT2D eigenvalue weighted by Gasteiger charge is -2.26. The second kappa shape index (κ2) is 4.20. The van der Waals surface area contributed by atoms with Crippen molar-refractivity contribution in [2.24, 2.45) is 4.99 Å². The number of para-hydroxylation sites is 1. The van der Waals surface area contributed by atoms with Crippen LogP contribution in [0.1, 0.15) is 12.5 Å². The summed E-state index contributed by atoms with van der Waals surface area (Å²) in [6.07, 6.45) is 6.15. The van der Waals surface area contributed by atoms with Gasteiger partial charge in [-0.3, -0.25) is 4.99 Å². The molecule has 0 bridgehead atoms. The van der Waals surface area contributed by atoms with Crippen LogP contribution in [-0.2, 0) is 0 Å². The molecule has 4 rings (SSSR count). The zero-order valence-corrected chi connectivity index (χ0v) is 11.2. The monoisotopic (exact) mass is 258 g/mol. The third kappa shape index (κ3) is 1.55. The molecule has 96 valence electrons. The topological polar surface area (TPSA) is 15.6 Å². The summed E-state index contributed by atoms with van der Waals surface area (Å²) in [5, 5.41) is 2.47. The molecule has 0 atom stereocenters. The van der Waals surface area contributed by atoms with Crippen LogP contribution in [0.3, 0.4) is 0 Å². The van der Waals surface area contributed by atoms with Crippen molar-refractivity contribution in [3.8, 4) is 0 Å². The van der Waals surface area contributed by atoms with E-state index < -0.39 is 0 Å². The first kappa shape index (κ1) is 11.2. The van der Waals surface area contributed by atoms with Gasteiger partial charge in [-0.25, -0.2) is 0 Å². The molecule has 2 heteroatoms. The second-order valence-electron chi connectivity index (χ2n) is 5.02. The summed E-state index contributed by atoms with van der Waals surface area (Å²) in [7, 11) is 0. The molecular weight excluding hydrogens is 244 g/mol. The predicted octanol–water partition coefficient (Wildman–Crippen LogP) is 2.39. The summed E-state index contributed by atoms with van der Waals surface area (Å²) in [6.45, 7) is 2.07. The van der Waals surface area contributed by atoms with Crippen LogP contribution in [0.2, 0.25) is 0 Å². The summed E-state index contributed by atoms with van der Waals surface area (Å²) < 4.78 is 0. The molecule has 2 aliphatic rings. The molecule has 2 heterocycles. The van der Waals surface area contributed by atoms with E-state index >= 15 is 0 Å². The molecule has 2 aromatic rings. The Hall–Kier alpha value is -2.61. The Bertz CT molecular complexity index is 872. The number of anilines is 1. The number of aliphatic imine (C=N–C) groups is 1. The molecule has 0 amide bonds. The lowest BCUT2D eigenvalue weighted by atomic mass is 10.1. The fourth-order valence-corrected chi connectivity index (χ4v) is 2.88. The fraction of sp³-hybridized carbons (Fsp3) is 0.0556. The van der Waals surface area contributed by atoms with Crippen LogP contribution in [0.25, 0.3) is 11.8 Å². The van der Waals surface area contributed by atoms with Gasteiger partial charge in [0.15, 0.2) is 0 Å². The molecule has 0 saturated carbocycles. The smallest absolute Gasteiger partial charge is 0.0747 e. The summed E-state index contributed by atoms with van der Waals surface area (Å²) in [6, 6.07) is 17.0. The largest absolute Gasteiger partial charge is 0.313 e. The number of hydrogen-bond donors (Lipinski definition) is 0. The van der Waals surface area contributed by atoms with Gasteiger partial charge in [0.05, 0.1) is 17.1 Å². The van der Waals surface area contributed by atoms with E-state index in [1.54, 1.807) is 0 Å². The van der Waals surface area contributed by atoms with E-state index in [1.165, 1.54) is 27.4 Å². The van der Waals surface area contributed by atoms with Crippen molar-refractivity contribution in [3.05, 3.63) is 76.9 Å². The van der Waals surface area contributed by atoms with Gasteiger partial charge in [-0.05, 0) is 29.8 Å². The Labute approximate surface area is 117 Å². The van der Waals surface area contributed by atoms with Gasteiger partial charge in [-0.2, -0.15) is 0 Å². The zero-order chi connectivity index (χ0) is 13.5. The van der Waals surface area contributed by atoms with E-state index in [4.69, 9.17) is 0 Å². The minimum Gasteiger partial charge on any atom is -0.313 e. The van der Waals surface area contributed by atoms with Crippen LogP contribution in [0, 0.1) is 0 Å². The van der Waals surface area contributed by atoms with Gasteiger partial charge in [0.1, 0.15) is 0 Å². The number of nitrogens with zero attached hydrogens (tertiary/aromatic N) is 2. The minimum atomic E-state index is 1.05. The maximum Gasteiger partial charge on any atom is 0.0747 e. The van der Waals surface area contributed by atoms with Crippen molar-refractivity contribution in [2.75, 3.05) is 4.90 Å². The molecule has 2 nitrogen and oxygen atoms in total.